The zero-order valence-electron chi connectivity index (χ0n) is 14.8. The molecule has 3 aromatic heterocycles. The molecule has 0 atom stereocenters. The van der Waals surface area contributed by atoms with E-state index < -0.39 is 6.61 Å². The molecule has 4 rings (SSSR count). The van der Waals surface area contributed by atoms with Crippen LogP contribution >= 0.6 is 11.8 Å². The van der Waals surface area contributed by atoms with Crippen molar-refractivity contribution in [2.75, 3.05) is 5.84 Å². The normalized spacial score (nSPS) is 11.3. The molecule has 0 aliphatic heterocycles. The smallest absolute Gasteiger partial charge is 0.387 e. The van der Waals surface area contributed by atoms with Crippen LogP contribution in [0.25, 0.3) is 17.0 Å². The van der Waals surface area contributed by atoms with Crippen LogP contribution in [0.1, 0.15) is 5.69 Å². The number of hydrogen-bond acceptors (Lipinski definition) is 7. The van der Waals surface area contributed by atoms with E-state index in [9.17, 15) is 13.6 Å². The maximum atomic E-state index is 12.2. The molecule has 3 heterocycles. The number of pyridine rings is 1. The van der Waals surface area contributed by atoms with E-state index in [0.717, 1.165) is 0 Å². The zero-order valence-corrected chi connectivity index (χ0v) is 15.6. The van der Waals surface area contributed by atoms with Gasteiger partial charge in [0.2, 0.25) is 5.16 Å². The molecule has 0 spiro atoms. The second-order valence-corrected chi connectivity index (χ2v) is 6.82. The Hall–Kier alpha value is -3.47. The fourth-order valence-electron chi connectivity index (χ4n) is 2.67. The summed E-state index contributed by atoms with van der Waals surface area (Å²) < 4.78 is 31.6. The molecule has 0 aliphatic rings. The highest BCUT2D eigenvalue weighted by atomic mass is 32.2. The van der Waals surface area contributed by atoms with Crippen molar-refractivity contribution in [3.8, 4) is 17.1 Å². The fraction of sp³-hybridized carbons (Fsp3) is 0.111. The van der Waals surface area contributed by atoms with Crippen LogP contribution in [0.4, 0.5) is 8.78 Å². The molecule has 0 aliphatic carbocycles. The average Bonchev–Trinajstić information content (AvgIpc) is 3.07. The van der Waals surface area contributed by atoms with Crippen LogP contribution in [0.5, 0.6) is 5.75 Å². The van der Waals surface area contributed by atoms with Gasteiger partial charge in [0.05, 0.1) is 5.69 Å². The molecule has 0 fully saturated rings. The molecule has 2 N–H and O–H groups in total. The standard InChI is InChI=1S/C18H14F2N6O2S/c19-17(20)28-13-6-4-11(5-7-13)16-23-24-18(26(16)21)29-10-12-9-15(27)25-8-2-1-3-14(25)22-12/h1-9,17H,10,21H2. The Labute approximate surface area is 166 Å². The molecule has 29 heavy (non-hydrogen) atoms. The minimum absolute atomic E-state index is 0.0371. The van der Waals surface area contributed by atoms with Gasteiger partial charge in [-0.3, -0.25) is 9.20 Å². The summed E-state index contributed by atoms with van der Waals surface area (Å²) >= 11 is 1.27. The number of thioether (sulfide) groups is 1. The van der Waals surface area contributed by atoms with Crippen LogP contribution in [0.15, 0.2) is 64.7 Å². The first kappa shape index (κ1) is 18.9. The Balaban J connectivity index is 1.51. The molecule has 148 valence electrons. The molecule has 0 radical (unpaired) electrons. The van der Waals surface area contributed by atoms with Crippen molar-refractivity contribution in [2.24, 2.45) is 0 Å². The summed E-state index contributed by atoms with van der Waals surface area (Å²) in [7, 11) is 0. The van der Waals surface area contributed by atoms with Gasteiger partial charge in [-0.25, -0.2) is 9.66 Å². The summed E-state index contributed by atoms with van der Waals surface area (Å²) in [6.45, 7) is -2.89. The lowest BCUT2D eigenvalue weighted by Gasteiger charge is -2.06. The Bertz CT molecular complexity index is 1210. The highest BCUT2D eigenvalue weighted by Crippen LogP contribution is 2.25. The number of rotatable bonds is 6. The van der Waals surface area contributed by atoms with E-state index in [2.05, 4.69) is 19.9 Å². The minimum Gasteiger partial charge on any atom is -0.435 e. The van der Waals surface area contributed by atoms with Gasteiger partial charge in [0.1, 0.15) is 11.4 Å². The largest absolute Gasteiger partial charge is 0.435 e. The summed E-state index contributed by atoms with van der Waals surface area (Å²) in [5.41, 5.74) is 1.56. The van der Waals surface area contributed by atoms with Gasteiger partial charge < -0.3 is 10.6 Å². The topological polar surface area (TPSA) is 100 Å². The number of aromatic nitrogens is 5. The Morgan fingerprint density at radius 3 is 2.69 bits per heavy atom. The minimum atomic E-state index is -2.89. The van der Waals surface area contributed by atoms with E-state index in [1.54, 1.807) is 36.5 Å². The molecule has 0 bridgehead atoms. The number of nitrogens with zero attached hydrogens (tertiary/aromatic N) is 5. The third-order valence-corrected chi connectivity index (χ3v) is 4.95. The molecular weight excluding hydrogens is 402 g/mol. The highest BCUT2D eigenvalue weighted by molar-refractivity contribution is 7.98. The number of nitrogens with two attached hydrogens (primary N) is 1. The Morgan fingerprint density at radius 2 is 1.93 bits per heavy atom. The van der Waals surface area contributed by atoms with Crippen LogP contribution in [-0.2, 0) is 5.75 Å². The van der Waals surface area contributed by atoms with Gasteiger partial charge in [-0.1, -0.05) is 17.8 Å². The first-order valence-corrected chi connectivity index (χ1v) is 9.35. The molecule has 0 saturated heterocycles. The van der Waals surface area contributed by atoms with E-state index in [1.807, 2.05) is 0 Å². The summed E-state index contributed by atoms with van der Waals surface area (Å²) in [4.78, 5) is 16.6. The van der Waals surface area contributed by atoms with Crippen LogP contribution < -0.4 is 16.1 Å². The maximum Gasteiger partial charge on any atom is 0.387 e. The van der Waals surface area contributed by atoms with Gasteiger partial charge >= 0.3 is 6.61 Å². The summed E-state index contributed by atoms with van der Waals surface area (Å²) in [5.74, 6) is 6.84. The molecule has 1 aromatic carbocycles. The van der Waals surface area contributed by atoms with Crippen molar-refractivity contribution in [3.63, 3.8) is 0 Å². The van der Waals surface area contributed by atoms with Gasteiger partial charge in [-0.05, 0) is 36.4 Å². The predicted molar refractivity (Wildman–Crippen MR) is 103 cm³/mol. The SMILES string of the molecule is Nn1c(SCc2cc(=O)n3ccccc3n2)nnc1-c1ccc(OC(F)F)cc1. The molecule has 0 saturated carbocycles. The summed E-state index contributed by atoms with van der Waals surface area (Å²) in [6, 6.07) is 12.7. The van der Waals surface area contributed by atoms with Crippen LogP contribution in [0.3, 0.4) is 0 Å². The first-order chi connectivity index (χ1) is 14.0. The van der Waals surface area contributed by atoms with Crippen molar-refractivity contribution in [2.45, 2.75) is 17.5 Å². The number of alkyl halides is 2. The van der Waals surface area contributed by atoms with E-state index in [1.165, 1.54) is 39.0 Å². The van der Waals surface area contributed by atoms with Gasteiger partial charge in [0, 0.05) is 23.6 Å². The molecule has 11 heteroatoms. The molecule has 4 aromatic rings. The highest BCUT2D eigenvalue weighted by Gasteiger charge is 2.14. The van der Waals surface area contributed by atoms with E-state index >= 15 is 0 Å². The molecule has 0 unspecified atom stereocenters. The summed E-state index contributed by atoms with van der Waals surface area (Å²) in [5, 5.41) is 8.52. The average molecular weight is 416 g/mol. The number of halogens is 2. The quantitative estimate of drug-likeness (QED) is 0.381. The first-order valence-electron chi connectivity index (χ1n) is 8.37. The Kier molecular flexibility index (Phi) is 5.12. The van der Waals surface area contributed by atoms with Crippen LogP contribution in [0.2, 0.25) is 0 Å². The molecule has 8 nitrogen and oxygen atoms in total. The van der Waals surface area contributed by atoms with Crippen molar-refractivity contribution in [3.05, 3.63) is 70.8 Å². The van der Waals surface area contributed by atoms with E-state index in [-0.39, 0.29) is 11.3 Å². The van der Waals surface area contributed by atoms with E-state index in [4.69, 9.17) is 5.84 Å². The molecular formula is C18H14F2N6O2S. The number of hydrogen-bond donors (Lipinski definition) is 1. The third kappa shape index (κ3) is 4.04. The lowest BCUT2D eigenvalue weighted by molar-refractivity contribution is -0.0498. The monoisotopic (exact) mass is 416 g/mol. The summed E-state index contributed by atoms with van der Waals surface area (Å²) in [6.07, 6.45) is 1.65. The van der Waals surface area contributed by atoms with Crippen molar-refractivity contribution < 1.29 is 13.5 Å². The third-order valence-electron chi connectivity index (χ3n) is 3.98. The van der Waals surface area contributed by atoms with Gasteiger partial charge in [0.15, 0.2) is 5.82 Å². The lowest BCUT2D eigenvalue weighted by atomic mass is 10.2. The van der Waals surface area contributed by atoms with Crippen molar-refractivity contribution in [1.82, 2.24) is 24.3 Å². The predicted octanol–water partition coefficient (Wildman–Crippen LogP) is 2.56. The fourth-order valence-corrected chi connectivity index (χ4v) is 3.42. The zero-order chi connectivity index (χ0) is 20.4. The van der Waals surface area contributed by atoms with Crippen LogP contribution in [-0.4, -0.2) is 30.9 Å². The number of ether oxygens (including phenoxy) is 1. The van der Waals surface area contributed by atoms with Gasteiger partial charge in [-0.15, -0.1) is 10.2 Å². The second-order valence-electron chi connectivity index (χ2n) is 5.88. The van der Waals surface area contributed by atoms with E-state index in [0.29, 0.717) is 33.6 Å². The van der Waals surface area contributed by atoms with Gasteiger partial charge in [0.25, 0.3) is 5.56 Å². The van der Waals surface area contributed by atoms with Crippen molar-refractivity contribution >= 4 is 17.4 Å². The second kappa shape index (κ2) is 7.87. The number of nitrogen functional groups attached to an aromatic ring is 1. The maximum absolute atomic E-state index is 12.2. The molecule has 0 amide bonds. The Morgan fingerprint density at radius 1 is 1.14 bits per heavy atom. The van der Waals surface area contributed by atoms with Crippen LogP contribution in [0, 0.1) is 0 Å². The van der Waals surface area contributed by atoms with Gasteiger partial charge in [-0.2, -0.15) is 8.78 Å². The lowest BCUT2D eigenvalue weighted by Crippen LogP contribution is -2.15. The number of benzene rings is 1. The van der Waals surface area contributed by atoms with Crippen molar-refractivity contribution in [1.29, 1.82) is 0 Å². The number of fused-ring (bicyclic) bond motifs is 1.